The summed E-state index contributed by atoms with van der Waals surface area (Å²) in [7, 11) is 1.27. The van der Waals surface area contributed by atoms with Gasteiger partial charge in [0.15, 0.2) is 11.4 Å². The predicted molar refractivity (Wildman–Crippen MR) is 86.3 cm³/mol. The van der Waals surface area contributed by atoms with E-state index in [1.165, 1.54) is 27.0 Å². The Hall–Kier alpha value is -1.95. The average Bonchev–Trinajstić information content (AvgIpc) is 2.50. The highest BCUT2D eigenvalue weighted by atomic mass is 16.5. The van der Waals surface area contributed by atoms with Gasteiger partial charge in [-0.25, -0.2) is 4.79 Å². The summed E-state index contributed by atoms with van der Waals surface area (Å²) in [4.78, 5) is 35.5. The van der Waals surface area contributed by atoms with Gasteiger partial charge in [0.05, 0.1) is 0 Å². The Balaban J connectivity index is 2.49. The molecule has 0 aromatic carbocycles. The minimum Gasteiger partial charge on any atom is -0.479 e. The van der Waals surface area contributed by atoms with Crippen molar-refractivity contribution in [3.8, 4) is 0 Å². The van der Waals surface area contributed by atoms with Gasteiger partial charge < -0.3 is 14.6 Å². The normalized spacial score (nSPS) is 32.1. The Morgan fingerprint density at radius 2 is 2.04 bits per heavy atom. The Bertz CT molecular complexity index is 646. The lowest BCUT2D eigenvalue weighted by Gasteiger charge is -2.46. The zero-order valence-corrected chi connectivity index (χ0v) is 14.7. The van der Waals surface area contributed by atoms with Gasteiger partial charge in [0.2, 0.25) is 0 Å². The number of fused-ring (bicyclic) bond motifs is 1. The molecule has 6 heteroatoms. The van der Waals surface area contributed by atoms with E-state index in [-0.39, 0.29) is 29.3 Å². The summed E-state index contributed by atoms with van der Waals surface area (Å²) in [5.74, 6) is -1.98. The average molecular weight is 336 g/mol. The van der Waals surface area contributed by atoms with Crippen LogP contribution in [0.4, 0.5) is 0 Å². The number of aliphatic carboxylic acids is 1. The summed E-state index contributed by atoms with van der Waals surface area (Å²) < 4.78 is 10.6. The van der Waals surface area contributed by atoms with Gasteiger partial charge in [0.1, 0.15) is 6.10 Å². The van der Waals surface area contributed by atoms with Crippen LogP contribution in [0.3, 0.4) is 0 Å². The number of ether oxygens (including phenoxy) is 2. The lowest BCUT2D eigenvalue weighted by molar-refractivity contribution is -0.157. The minimum atomic E-state index is -1.71. The van der Waals surface area contributed by atoms with Crippen molar-refractivity contribution in [1.29, 1.82) is 0 Å². The third-order valence-corrected chi connectivity index (χ3v) is 5.56. The molecule has 1 fully saturated rings. The van der Waals surface area contributed by atoms with E-state index in [4.69, 9.17) is 9.47 Å². The number of carboxylic acid groups (broad SMARTS) is 1. The molecule has 2 rings (SSSR count). The van der Waals surface area contributed by atoms with E-state index in [2.05, 4.69) is 0 Å². The molecule has 0 amide bonds. The van der Waals surface area contributed by atoms with Crippen LogP contribution in [0.5, 0.6) is 0 Å². The van der Waals surface area contributed by atoms with Gasteiger partial charge in [-0.3, -0.25) is 9.59 Å². The van der Waals surface area contributed by atoms with Crippen molar-refractivity contribution in [2.75, 3.05) is 7.11 Å². The fourth-order valence-electron chi connectivity index (χ4n) is 3.61. The molecule has 1 saturated carbocycles. The van der Waals surface area contributed by atoms with Gasteiger partial charge in [-0.1, -0.05) is 25.5 Å². The van der Waals surface area contributed by atoms with E-state index in [0.29, 0.717) is 12.8 Å². The standard InChI is InChI=1S/C18H24O6/c1-10-15(24-11(2)19)7-6-12-8-14(20)13(9-17(10,12)3)18(4,23-5)16(21)22/h8-10,15H,6-7H2,1-5H3,(H,21,22)/t10-,15-,17+,18?/m0/s1. The molecular formula is C18H24O6. The number of rotatable bonds is 4. The monoisotopic (exact) mass is 336 g/mol. The first kappa shape index (κ1) is 18.4. The number of carbonyl (C=O) groups excluding carboxylic acids is 2. The second kappa shape index (κ2) is 6.16. The second-order valence-corrected chi connectivity index (χ2v) is 6.89. The summed E-state index contributed by atoms with van der Waals surface area (Å²) in [5, 5.41) is 9.51. The fourth-order valence-corrected chi connectivity index (χ4v) is 3.61. The van der Waals surface area contributed by atoms with Gasteiger partial charge in [-0.05, 0) is 25.8 Å². The van der Waals surface area contributed by atoms with Crippen LogP contribution in [0.2, 0.25) is 0 Å². The number of carbonyl (C=O) groups is 3. The molecule has 1 N–H and O–H groups in total. The lowest BCUT2D eigenvalue weighted by atomic mass is 9.60. The molecular weight excluding hydrogens is 312 g/mol. The molecule has 0 spiro atoms. The molecule has 24 heavy (non-hydrogen) atoms. The van der Waals surface area contributed by atoms with Crippen LogP contribution in [0.1, 0.15) is 40.5 Å². The molecule has 0 saturated heterocycles. The predicted octanol–water partition coefficient (Wildman–Crippen LogP) is 2.28. The van der Waals surface area contributed by atoms with Crippen LogP contribution in [0, 0.1) is 11.3 Å². The topological polar surface area (TPSA) is 89.9 Å². The Morgan fingerprint density at radius 1 is 1.42 bits per heavy atom. The number of hydrogen-bond acceptors (Lipinski definition) is 5. The van der Waals surface area contributed by atoms with E-state index in [9.17, 15) is 19.5 Å². The van der Waals surface area contributed by atoms with Crippen LogP contribution >= 0.6 is 0 Å². The maximum Gasteiger partial charge on any atom is 0.340 e. The van der Waals surface area contributed by atoms with Crippen LogP contribution in [-0.2, 0) is 23.9 Å². The number of carboxylic acids is 1. The SMILES string of the molecule is COC(C)(C(=O)O)C1=C[C@@]2(C)C(=CC1=O)CC[C@H](OC(C)=O)[C@@H]2C. The maximum absolute atomic E-state index is 12.5. The smallest absolute Gasteiger partial charge is 0.340 e. The van der Waals surface area contributed by atoms with Crippen molar-refractivity contribution >= 4 is 17.7 Å². The zero-order valence-electron chi connectivity index (χ0n) is 14.7. The number of hydrogen-bond donors (Lipinski definition) is 1. The summed E-state index contributed by atoms with van der Waals surface area (Å²) in [6, 6.07) is 0. The third-order valence-electron chi connectivity index (χ3n) is 5.56. The number of ketones is 1. The quantitative estimate of drug-likeness (QED) is 0.792. The fraction of sp³-hybridized carbons (Fsp3) is 0.611. The van der Waals surface area contributed by atoms with E-state index < -0.39 is 17.0 Å². The first-order valence-electron chi connectivity index (χ1n) is 8.00. The minimum absolute atomic E-state index is 0.0839. The third kappa shape index (κ3) is 2.79. The van der Waals surface area contributed by atoms with Gasteiger partial charge in [-0.15, -0.1) is 0 Å². The van der Waals surface area contributed by atoms with Crippen LogP contribution in [-0.4, -0.2) is 41.6 Å². The van der Waals surface area contributed by atoms with Crippen molar-refractivity contribution in [1.82, 2.24) is 0 Å². The number of methoxy groups -OCH3 is 1. The molecule has 132 valence electrons. The Kier molecular flexibility index (Phi) is 4.72. The number of allylic oxidation sites excluding steroid dienone is 3. The summed E-state index contributed by atoms with van der Waals surface area (Å²) >= 11 is 0. The summed E-state index contributed by atoms with van der Waals surface area (Å²) in [6.45, 7) is 6.65. The molecule has 0 aromatic heterocycles. The maximum atomic E-state index is 12.5. The largest absolute Gasteiger partial charge is 0.479 e. The summed E-state index contributed by atoms with van der Waals surface area (Å²) in [5.41, 5.74) is -1.22. The van der Waals surface area contributed by atoms with Gasteiger partial charge in [-0.2, -0.15) is 0 Å². The van der Waals surface area contributed by atoms with E-state index in [1.54, 1.807) is 6.08 Å². The van der Waals surface area contributed by atoms with Crippen molar-refractivity contribution in [2.24, 2.45) is 11.3 Å². The van der Waals surface area contributed by atoms with E-state index in [1.807, 2.05) is 13.8 Å². The van der Waals surface area contributed by atoms with Crippen molar-refractivity contribution in [3.05, 3.63) is 23.3 Å². The highest BCUT2D eigenvalue weighted by Gasteiger charge is 2.50. The van der Waals surface area contributed by atoms with Crippen LogP contribution < -0.4 is 0 Å². The molecule has 0 aliphatic heterocycles. The highest BCUT2D eigenvalue weighted by Crippen LogP contribution is 2.50. The van der Waals surface area contributed by atoms with Gasteiger partial charge >= 0.3 is 11.9 Å². The molecule has 2 aliphatic carbocycles. The Labute approximate surface area is 141 Å². The van der Waals surface area contributed by atoms with Crippen molar-refractivity contribution in [2.45, 2.75) is 52.2 Å². The molecule has 0 radical (unpaired) electrons. The van der Waals surface area contributed by atoms with Crippen LogP contribution in [0.25, 0.3) is 0 Å². The Morgan fingerprint density at radius 3 is 2.54 bits per heavy atom. The van der Waals surface area contributed by atoms with E-state index in [0.717, 1.165) is 5.57 Å². The highest BCUT2D eigenvalue weighted by molar-refractivity contribution is 6.11. The van der Waals surface area contributed by atoms with Gasteiger partial charge in [0.25, 0.3) is 0 Å². The molecule has 4 atom stereocenters. The van der Waals surface area contributed by atoms with Crippen molar-refractivity contribution < 1.29 is 29.0 Å². The molecule has 0 bridgehead atoms. The molecule has 6 nitrogen and oxygen atoms in total. The lowest BCUT2D eigenvalue weighted by Crippen LogP contribution is -2.48. The van der Waals surface area contributed by atoms with Crippen LogP contribution in [0.15, 0.2) is 23.3 Å². The molecule has 1 unspecified atom stereocenters. The van der Waals surface area contributed by atoms with E-state index >= 15 is 0 Å². The number of esters is 1. The molecule has 0 aromatic rings. The molecule has 2 aliphatic rings. The first-order valence-corrected chi connectivity index (χ1v) is 8.00. The molecule has 0 heterocycles. The summed E-state index contributed by atoms with van der Waals surface area (Å²) in [6.07, 6.45) is 4.23. The zero-order chi connectivity index (χ0) is 18.3. The first-order chi connectivity index (χ1) is 11.1. The van der Waals surface area contributed by atoms with Crippen molar-refractivity contribution in [3.63, 3.8) is 0 Å². The van der Waals surface area contributed by atoms with Gasteiger partial charge in [0, 0.05) is 30.9 Å². The second-order valence-electron chi connectivity index (χ2n) is 6.89.